The van der Waals surface area contributed by atoms with Gasteiger partial charge in [0.1, 0.15) is 18.3 Å². The van der Waals surface area contributed by atoms with Gasteiger partial charge >= 0.3 is 0 Å². The maximum Gasteiger partial charge on any atom is 0.264 e. The molecule has 3 aromatic carbocycles. The van der Waals surface area contributed by atoms with Crippen molar-refractivity contribution >= 4 is 39.1 Å². The van der Waals surface area contributed by atoms with Gasteiger partial charge in [-0.2, -0.15) is 0 Å². The monoisotopic (exact) mass is 625 g/mol. The Hall–Kier alpha value is -3.56. The van der Waals surface area contributed by atoms with Crippen LogP contribution in [0.2, 0.25) is 5.02 Å². The highest BCUT2D eigenvalue weighted by Gasteiger charge is 2.33. The quantitative estimate of drug-likeness (QED) is 0.262. The maximum atomic E-state index is 14.1. The zero-order chi connectivity index (χ0) is 31.0. The van der Waals surface area contributed by atoms with Crippen molar-refractivity contribution < 1.29 is 22.7 Å². The molecule has 0 aliphatic heterocycles. The number of aryl methyl sites for hydroxylation is 1. The minimum absolute atomic E-state index is 0.00763. The van der Waals surface area contributed by atoms with Crippen LogP contribution in [0.5, 0.6) is 5.75 Å². The highest BCUT2D eigenvalue weighted by atomic mass is 35.5. The molecule has 0 spiro atoms. The van der Waals surface area contributed by atoms with Crippen LogP contribution in [0.25, 0.3) is 0 Å². The number of carbonyl (C=O) groups is 2. The van der Waals surface area contributed by atoms with Crippen molar-refractivity contribution in [3.05, 3.63) is 88.9 Å². The Kier molecular flexibility index (Phi) is 11.1. The van der Waals surface area contributed by atoms with Gasteiger partial charge in [0.25, 0.3) is 10.0 Å². The Labute approximate surface area is 260 Å². The largest absolute Gasteiger partial charge is 0.494 e. The van der Waals surface area contributed by atoms with E-state index in [0.29, 0.717) is 23.1 Å². The first kappa shape index (κ1) is 32.4. The van der Waals surface area contributed by atoms with Crippen LogP contribution in [0.1, 0.15) is 57.1 Å². The van der Waals surface area contributed by atoms with Crippen molar-refractivity contribution in [2.24, 2.45) is 0 Å². The number of rotatable bonds is 12. The third kappa shape index (κ3) is 8.51. The van der Waals surface area contributed by atoms with E-state index in [4.69, 9.17) is 16.3 Å². The second-order valence-corrected chi connectivity index (χ2v) is 13.2. The molecule has 43 heavy (non-hydrogen) atoms. The predicted molar refractivity (Wildman–Crippen MR) is 170 cm³/mol. The van der Waals surface area contributed by atoms with Gasteiger partial charge in [0.15, 0.2) is 0 Å². The highest BCUT2D eigenvalue weighted by molar-refractivity contribution is 7.92. The second-order valence-electron chi connectivity index (χ2n) is 10.9. The summed E-state index contributed by atoms with van der Waals surface area (Å²) in [6.07, 6.45) is 5.10. The van der Waals surface area contributed by atoms with E-state index in [-0.39, 0.29) is 23.4 Å². The van der Waals surface area contributed by atoms with Crippen molar-refractivity contribution in [1.29, 1.82) is 0 Å². The molecule has 10 heteroatoms. The highest BCUT2D eigenvalue weighted by Crippen LogP contribution is 2.27. The van der Waals surface area contributed by atoms with Gasteiger partial charge in [-0.25, -0.2) is 8.42 Å². The zero-order valence-corrected chi connectivity index (χ0v) is 26.5. The van der Waals surface area contributed by atoms with Crippen LogP contribution >= 0.6 is 11.6 Å². The Bertz CT molecular complexity index is 1470. The average Bonchev–Trinajstić information content (AvgIpc) is 3.00. The first-order valence-corrected chi connectivity index (χ1v) is 16.6. The molecular weight excluding hydrogens is 586 g/mol. The topological polar surface area (TPSA) is 96.0 Å². The van der Waals surface area contributed by atoms with E-state index in [1.165, 1.54) is 29.2 Å². The standard InChI is InChI=1S/C33H40ClN3O5S/c1-4-42-30-18-16-29(17-19-30)37(43(40,41)31-20-14-27(34)15-21-31)23-32(38)36(22-26-12-10-24(2)11-13-26)25(3)33(39)35-28-8-6-5-7-9-28/h10-21,25,28H,4-9,22-23H2,1-3H3,(H,35,39)/t25-/m1/s1. The Morgan fingerprint density at radius 1 is 0.953 bits per heavy atom. The molecule has 8 nitrogen and oxygen atoms in total. The molecule has 0 unspecified atom stereocenters. The molecule has 0 bridgehead atoms. The molecule has 4 rings (SSSR count). The fourth-order valence-corrected chi connectivity index (χ4v) is 6.72. The molecule has 230 valence electrons. The molecule has 0 heterocycles. The lowest BCUT2D eigenvalue weighted by molar-refractivity contribution is -0.139. The number of carbonyl (C=O) groups excluding carboxylic acids is 2. The van der Waals surface area contributed by atoms with Crippen LogP contribution < -0.4 is 14.4 Å². The molecule has 3 aromatic rings. The van der Waals surface area contributed by atoms with Gasteiger partial charge in [-0.15, -0.1) is 0 Å². The molecule has 0 radical (unpaired) electrons. The lowest BCUT2D eigenvalue weighted by Crippen LogP contribution is -2.53. The van der Waals surface area contributed by atoms with E-state index >= 15 is 0 Å². The van der Waals surface area contributed by atoms with E-state index in [1.54, 1.807) is 31.2 Å². The SMILES string of the molecule is CCOc1ccc(N(CC(=O)N(Cc2ccc(C)cc2)[C@H](C)C(=O)NC2CCCCC2)S(=O)(=O)c2ccc(Cl)cc2)cc1. The molecule has 0 aromatic heterocycles. The summed E-state index contributed by atoms with van der Waals surface area (Å²) in [5, 5.41) is 3.52. The van der Waals surface area contributed by atoms with Crippen LogP contribution in [-0.4, -0.2) is 50.4 Å². The predicted octanol–water partition coefficient (Wildman–Crippen LogP) is 6.11. The zero-order valence-electron chi connectivity index (χ0n) is 25.0. The van der Waals surface area contributed by atoms with Crippen molar-refractivity contribution in [3.63, 3.8) is 0 Å². The molecule has 1 N–H and O–H groups in total. The molecule has 0 saturated heterocycles. The van der Waals surface area contributed by atoms with Gasteiger partial charge in [0, 0.05) is 17.6 Å². The number of benzene rings is 3. The summed E-state index contributed by atoms with van der Waals surface area (Å²) in [5.41, 5.74) is 2.20. The Balaban J connectivity index is 1.67. The lowest BCUT2D eigenvalue weighted by atomic mass is 9.95. The van der Waals surface area contributed by atoms with Gasteiger partial charge in [0.05, 0.1) is 17.2 Å². The normalized spacial score (nSPS) is 14.5. The fraction of sp³-hybridized carbons (Fsp3) is 0.394. The van der Waals surface area contributed by atoms with E-state index in [2.05, 4.69) is 5.32 Å². The average molecular weight is 626 g/mol. The van der Waals surface area contributed by atoms with E-state index in [9.17, 15) is 18.0 Å². The van der Waals surface area contributed by atoms with E-state index < -0.39 is 28.5 Å². The molecule has 1 aliphatic carbocycles. The third-order valence-corrected chi connectivity index (χ3v) is 9.75. The molecule has 1 aliphatic rings. The van der Waals surface area contributed by atoms with Crippen molar-refractivity contribution in [1.82, 2.24) is 10.2 Å². The third-order valence-electron chi connectivity index (χ3n) is 7.71. The summed E-state index contributed by atoms with van der Waals surface area (Å²) < 4.78 is 34.6. The van der Waals surface area contributed by atoms with Crippen molar-refractivity contribution in [2.45, 2.75) is 76.4 Å². The summed E-state index contributed by atoms with van der Waals surface area (Å²) in [7, 11) is -4.19. The Morgan fingerprint density at radius 2 is 1.58 bits per heavy atom. The van der Waals surface area contributed by atoms with Crippen LogP contribution in [-0.2, 0) is 26.2 Å². The van der Waals surface area contributed by atoms with Crippen LogP contribution in [0.15, 0.2) is 77.7 Å². The molecule has 2 amide bonds. The summed E-state index contributed by atoms with van der Waals surface area (Å²) in [5.74, 6) is -0.172. The summed E-state index contributed by atoms with van der Waals surface area (Å²) in [4.78, 5) is 29.0. The number of hydrogen-bond donors (Lipinski definition) is 1. The number of nitrogens with zero attached hydrogens (tertiary/aromatic N) is 2. The maximum absolute atomic E-state index is 14.1. The van der Waals surface area contributed by atoms with Gasteiger partial charge in [-0.05, 0) is 87.7 Å². The summed E-state index contributed by atoms with van der Waals surface area (Å²) in [6, 6.07) is 19.3. The van der Waals surface area contributed by atoms with Crippen LogP contribution in [0, 0.1) is 6.92 Å². The number of sulfonamides is 1. The number of amides is 2. The van der Waals surface area contributed by atoms with Crippen molar-refractivity contribution in [2.75, 3.05) is 17.5 Å². The van der Waals surface area contributed by atoms with E-state index in [0.717, 1.165) is 47.5 Å². The minimum atomic E-state index is -4.19. The smallest absolute Gasteiger partial charge is 0.264 e. The first-order chi connectivity index (χ1) is 20.6. The van der Waals surface area contributed by atoms with Gasteiger partial charge in [-0.1, -0.05) is 60.7 Å². The van der Waals surface area contributed by atoms with Gasteiger partial charge < -0.3 is 15.0 Å². The second kappa shape index (κ2) is 14.8. The number of nitrogens with one attached hydrogen (secondary N) is 1. The number of hydrogen-bond acceptors (Lipinski definition) is 5. The molecular formula is C33H40ClN3O5S. The summed E-state index contributed by atoms with van der Waals surface area (Å²) >= 11 is 6.03. The molecule has 1 saturated carbocycles. The number of halogens is 1. The summed E-state index contributed by atoms with van der Waals surface area (Å²) in [6.45, 7) is 5.63. The van der Waals surface area contributed by atoms with Crippen LogP contribution in [0.4, 0.5) is 5.69 Å². The Morgan fingerprint density at radius 3 is 2.19 bits per heavy atom. The lowest BCUT2D eigenvalue weighted by Gasteiger charge is -2.33. The number of ether oxygens (including phenoxy) is 1. The number of anilines is 1. The fourth-order valence-electron chi connectivity index (χ4n) is 5.18. The molecule has 1 atom stereocenters. The van der Waals surface area contributed by atoms with Crippen molar-refractivity contribution in [3.8, 4) is 5.75 Å². The minimum Gasteiger partial charge on any atom is -0.494 e. The van der Waals surface area contributed by atoms with Gasteiger partial charge in [-0.3, -0.25) is 13.9 Å². The van der Waals surface area contributed by atoms with E-state index in [1.807, 2.05) is 38.1 Å². The molecule has 1 fully saturated rings. The van der Waals surface area contributed by atoms with Crippen LogP contribution in [0.3, 0.4) is 0 Å². The first-order valence-electron chi connectivity index (χ1n) is 14.7. The van der Waals surface area contributed by atoms with Gasteiger partial charge in [0.2, 0.25) is 11.8 Å².